The van der Waals surface area contributed by atoms with Crippen LogP contribution < -0.4 is 0 Å². The van der Waals surface area contributed by atoms with Crippen LogP contribution in [0.1, 0.15) is 13.8 Å². The average Bonchev–Trinajstić information content (AvgIpc) is 1.84. The van der Waals surface area contributed by atoms with Gasteiger partial charge in [0.1, 0.15) is 0 Å². The monoisotopic (exact) mass is 214 g/mol. The van der Waals surface area contributed by atoms with Gasteiger partial charge in [-0.25, -0.2) is 9.59 Å². The molecule has 0 N–H and O–H groups in total. The lowest BCUT2D eigenvalue weighted by atomic mass is 10.6. The quantitative estimate of drug-likeness (QED) is 0.395. The van der Waals surface area contributed by atoms with Crippen molar-refractivity contribution in [3.63, 3.8) is 0 Å². The van der Waals surface area contributed by atoms with Crippen molar-refractivity contribution < 1.29 is 19.1 Å². The van der Waals surface area contributed by atoms with E-state index in [1.54, 1.807) is 0 Å². The number of hydrogen-bond donors (Lipinski definition) is 0. The van der Waals surface area contributed by atoms with Crippen LogP contribution in [0.5, 0.6) is 0 Å². The minimum atomic E-state index is -1.15. The van der Waals surface area contributed by atoms with Crippen molar-refractivity contribution in [2.24, 2.45) is 0 Å². The molecule has 0 aliphatic carbocycles. The van der Waals surface area contributed by atoms with E-state index in [1.807, 2.05) is 0 Å². The van der Waals surface area contributed by atoms with Gasteiger partial charge in [-0.2, -0.15) is 0 Å². The van der Waals surface area contributed by atoms with Crippen LogP contribution in [0.3, 0.4) is 0 Å². The molecule has 0 bridgehead atoms. The number of esters is 2. The fourth-order valence-electron chi connectivity index (χ4n) is 0.391. The molecule has 12 heavy (non-hydrogen) atoms. The number of alkyl halides is 2. The Hall–Kier alpha value is -0.480. The minimum Gasteiger partial charge on any atom is -0.438 e. The molecule has 0 aromatic rings. The van der Waals surface area contributed by atoms with Crippen molar-refractivity contribution in [3.8, 4) is 0 Å². The predicted octanol–water partition coefficient (Wildman–Crippen LogP) is 1.24. The Labute approximate surface area is 79.7 Å². The molecule has 6 heteroatoms. The smallest absolute Gasteiger partial charge is 0.419 e. The summed E-state index contributed by atoms with van der Waals surface area (Å²) < 4.78 is 8.61. The summed E-state index contributed by atoms with van der Waals surface area (Å²) in [5, 5.41) is 0. The van der Waals surface area contributed by atoms with Gasteiger partial charge in [0.25, 0.3) is 0 Å². The fraction of sp³-hybridized carbons (Fsp3) is 0.667. The Kier molecular flexibility index (Phi) is 5.01. The van der Waals surface area contributed by atoms with Gasteiger partial charge in [-0.15, -0.1) is 0 Å². The summed E-state index contributed by atoms with van der Waals surface area (Å²) >= 11 is 10.5. The van der Waals surface area contributed by atoms with Gasteiger partial charge >= 0.3 is 11.9 Å². The Morgan fingerprint density at radius 3 is 1.42 bits per heavy atom. The van der Waals surface area contributed by atoms with Gasteiger partial charge in [-0.1, -0.05) is 23.2 Å². The molecule has 0 aromatic carbocycles. The molecule has 70 valence electrons. The number of carbonyl (C=O) groups excluding carboxylic acids is 2. The average molecular weight is 215 g/mol. The first-order valence-electron chi connectivity index (χ1n) is 3.13. The zero-order chi connectivity index (χ0) is 9.72. The zero-order valence-corrected chi connectivity index (χ0v) is 8.06. The molecule has 0 radical (unpaired) electrons. The highest BCUT2D eigenvalue weighted by molar-refractivity contribution is 6.32. The predicted molar refractivity (Wildman–Crippen MR) is 42.8 cm³/mol. The van der Waals surface area contributed by atoms with E-state index in [0.29, 0.717) is 0 Å². The van der Waals surface area contributed by atoms with Gasteiger partial charge in [0.2, 0.25) is 0 Å². The van der Waals surface area contributed by atoms with E-state index in [1.165, 1.54) is 13.8 Å². The van der Waals surface area contributed by atoms with Crippen LogP contribution in [-0.4, -0.2) is 23.1 Å². The summed E-state index contributed by atoms with van der Waals surface area (Å²) in [5.74, 6) is -2.30. The highest BCUT2D eigenvalue weighted by Crippen LogP contribution is 2.01. The Bertz CT molecular complexity index is 158. The Balaban J connectivity index is 3.86. The maximum atomic E-state index is 10.6. The van der Waals surface area contributed by atoms with Crippen molar-refractivity contribution in [3.05, 3.63) is 0 Å². The number of rotatable bonds is 2. The largest absolute Gasteiger partial charge is 0.438 e. The fourth-order valence-corrected chi connectivity index (χ4v) is 0.553. The van der Waals surface area contributed by atoms with Crippen LogP contribution >= 0.6 is 23.2 Å². The van der Waals surface area contributed by atoms with Gasteiger partial charge in [0, 0.05) is 0 Å². The summed E-state index contributed by atoms with van der Waals surface area (Å²) in [6.45, 7) is 2.80. The van der Waals surface area contributed by atoms with Crippen LogP contribution in [0.15, 0.2) is 0 Å². The highest BCUT2D eigenvalue weighted by Gasteiger charge is 2.20. The number of ether oxygens (including phenoxy) is 2. The molecule has 0 saturated carbocycles. The molecule has 0 saturated heterocycles. The summed E-state index contributed by atoms with van der Waals surface area (Å²) in [5.41, 5.74) is -1.73. The maximum Gasteiger partial charge on any atom is 0.419 e. The van der Waals surface area contributed by atoms with Crippen molar-refractivity contribution >= 4 is 35.1 Å². The normalized spacial score (nSPS) is 14.7. The van der Waals surface area contributed by atoms with Crippen LogP contribution in [0, 0.1) is 0 Å². The second kappa shape index (κ2) is 5.22. The van der Waals surface area contributed by atoms with Gasteiger partial charge < -0.3 is 9.47 Å². The zero-order valence-electron chi connectivity index (χ0n) is 6.54. The third kappa shape index (κ3) is 5.21. The first-order valence-corrected chi connectivity index (χ1v) is 4.00. The molecular formula is C6H8Cl2O4. The molecule has 0 aromatic heterocycles. The number of hydrogen-bond acceptors (Lipinski definition) is 4. The number of halogens is 2. The lowest BCUT2D eigenvalue weighted by molar-refractivity contribution is -0.169. The summed E-state index contributed by atoms with van der Waals surface area (Å²) in [6, 6.07) is 0. The minimum absolute atomic E-state index is 0.865. The molecule has 2 unspecified atom stereocenters. The van der Waals surface area contributed by atoms with Crippen molar-refractivity contribution in [1.29, 1.82) is 0 Å². The molecule has 0 fully saturated rings. The maximum absolute atomic E-state index is 10.6. The SMILES string of the molecule is CC(Cl)OC(=O)C(=O)OC(C)Cl. The Morgan fingerprint density at radius 2 is 1.25 bits per heavy atom. The van der Waals surface area contributed by atoms with Gasteiger partial charge in [0.15, 0.2) is 11.1 Å². The lowest BCUT2D eigenvalue weighted by Gasteiger charge is -2.06. The highest BCUT2D eigenvalue weighted by atomic mass is 35.5. The van der Waals surface area contributed by atoms with Crippen LogP contribution in [-0.2, 0) is 19.1 Å². The molecule has 0 aliphatic heterocycles. The van der Waals surface area contributed by atoms with E-state index in [-0.39, 0.29) is 0 Å². The third-order valence-electron chi connectivity index (χ3n) is 0.706. The second-order valence-electron chi connectivity index (χ2n) is 1.90. The van der Waals surface area contributed by atoms with Crippen LogP contribution in [0.2, 0.25) is 0 Å². The van der Waals surface area contributed by atoms with Crippen LogP contribution in [0.4, 0.5) is 0 Å². The molecule has 4 nitrogen and oxygen atoms in total. The van der Waals surface area contributed by atoms with Crippen molar-refractivity contribution in [2.75, 3.05) is 0 Å². The first-order chi connectivity index (χ1) is 5.43. The van der Waals surface area contributed by atoms with Crippen molar-refractivity contribution in [2.45, 2.75) is 25.0 Å². The standard InChI is InChI=1S/C6H8Cl2O4/c1-3(7)11-5(9)6(10)12-4(2)8/h3-4H,1-2H3. The summed E-state index contributed by atoms with van der Waals surface area (Å²) in [7, 11) is 0. The van der Waals surface area contributed by atoms with E-state index >= 15 is 0 Å². The van der Waals surface area contributed by atoms with Gasteiger partial charge in [-0.3, -0.25) is 0 Å². The van der Waals surface area contributed by atoms with E-state index in [9.17, 15) is 9.59 Å². The Morgan fingerprint density at radius 1 is 1.00 bits per heavy atom. The number of carbonyl (C=O) groups is 2. The van der Waals surface area contributed by atoms with E-state index in [2.05, 4.69) is 9.47 Å². The second-order valence-corrected chi connectivity index (χ2v) is 3.13. The van der Waals surface area contributed by atoms with Crippen molar-refractivity contribution in [1.82, 2.24) is 0 Å². The molecular weight excluding hydrogens is 207 g/mol. The third-order valence-corrected chi connectivity index (χ3v) is 0.884. The molecule has 0 heterocycles. The van der Waals surface area contributed by atoms with Gasteiger partial charge in [-0.05, 0) is 13.8 Å². The van der Waals surface area contributed by atoms with Gasteiger partial charge in [0.05, 0.1) is 0 Å². The van der Waals surface area contributed by atoms with Crippen LogP contribution in [0.25, 0.3) is 0 Å². The molecule has 0 amide bonds. The van der Waals surface area contributed by atoms with E-state index < -0.39 is 23.1 Å². The summed E-state index contributed by atoms with van der Waals surface area (Å²) in [4.78, 5) is 21.3. The lowest BCUT2D eigenvalue weighted by Crippen LogP contribution is -2.24. The molecule has 0 aliphatic rings. The first kappa shape index (κ1) is 11.5. The topological polar surface area (TPSA) is 52.6 Å². The van der Waals surface area contributed by atoms with E-state index in [0.717, 1.165) is 0 Å². The summed E-state index contributed by atoms with van der Waals surface area (Å²) in [6.07, 6.45) is 0. The molecule has 2 atom stereocenters. The molecule has 0 rings (SSSR count). The molecule has 0 spiro atoms. The van der Waals surface area contributed by atoms with E-state index in [4.69, 9.17) is 23.2 Å².